The van der Waals surface area contributed by atoms with Gasteiger partial charge in [-0.2, -0.15) is 0 Å². The Labute approximate surface area is 92.5 Å². The lowest BCUT2D eigenvalue weighted by molar-refractivity contribution is 0.621. The van der Waals surface area contributed by atoms with Crippen LogP contribution in [-0.2, 0) is 0 Å². The summed E-state index contributed by atoms with van der Waals surface area (Å²) in [7, 11) is 0. The van der Waals surface area contributed by atoms with Crippen LogP contribution in [0, 0.1) is 18.6 Å². The molecule has 0 radical (unpaired) electrons. The Morgan fingerprint density at radius 3 is 2.19 bits per heavy atom. The van der Waals surface area contributed by atoms with Gasteiger partial charge in [-0.25, -0.2) is 8.78 Å². The number of hydrogen-bond acceptors (Lipinski definition) is 1. The molecule has 0 aromatic heterocycles. The Balaban J connectivity index is 2.57. The number of hydrogen-bond donors (Lipinski definition) is 1. The van der Waals surface area contributed by atoms with Crippen LogP contribution in [-0.4, -0.2) is 0 Å². The Hall–Kier alpha value is -1.90. The molecule has 0 amide bonds. The molecule has 0 bridgehead atoms. The first kappa shape index (κ1) is 10.6. The summed E-state index contributed by atoms with van der Waals surface area (Å²) in [5, 5.41) is 0. The van der Waals surface area contributed by atoms with E-state index in [0.29, 0.717) is 22.4 Å². The van der Waals surface area contributed by atoms with Crippen molar-refractivity contribution in [1.29, 1.82) is 0 Å². The molecule has 0 saturated heterocycles. The van der Waals surface area contributed by atoms with Crippen LogP contribution in [0.25, 0.3) is 11.1 Å². The summed E-state index contributed by atoms with van der Waals surface area (Å²) < 4.78 is 26.6. The zero-order valence-corrected chi connectivity index (χ0v) is 8.80. The largest absolute Gasteiger partial charge is 0.398 e. The van der Waals surface area contributed by atoms with Gasteiger partial charge < -0.3 is 5.73 Å². The molecule has 0 spiro atoms. The molecule has 2 N–H and O–H groups in total. The average molecular weight is 219 g/mol. The number of nitrogens with two attached hydrogens (primary N) is 1. The van der Waals surface area contributed by atoms with E-state index in [1.54, 1.807) is 31.2 Å². The van der Waals surface area contributed by atoms with Crippen molar-refractivity contribution in [1.82, 2.24) is 0 Å². The van der Waals surface area contributed by atoms with E-state index >= 15 is 0 Å². The monoisotopic (exact) mass is 219 g/mol. The van der Waals surface area contributed by atoms with Gasteiger partial charge in [0, 0.05) is 16.8 Å². The van der Waals surface area contributed by atoms with E-state index in [4.69, 9.17) is 5.73 Å². The Morgan fingerprint density at radius 1 is 0.938 bits per heavy atom. The third-order valence-electron chi connectivity index (χ3n) is 2.58. The minimum Gasteiger partial charge on any atom is -0.398 e. The van der Waals surface area contributed by atoms with E-state index in [0.717, 1.165) is 0 Å². The highest BCUT2D eigenvalue weighted by Gasteiger charge is 2.09. The Kier molecular flexibility index (Phi) is 2.60. The lowest BCUT2D eigenvalue weighted by Crippen LogP contribution is -1.95. The van der Waals surface area contributed by atoms with Crippen molar-refractivity contribution in [3.8, 4) is 11.1 Å². The summed E-state index contributed by atoms with van der Waals surface area (Å²) in [6, 6.07) is 8.95. The minimum absolute atomic E-state index is 0.337. The van der Waals surface area contributed by atoms with Crippen molar-refractivity contribution in [2.75, 3.05) is 5.73 Å². The summed E-state index contributed by atoms with van der Waals surface area (Å²) in [6.45, 7) is 1.62. The maximum absolute atomic E-state index is 13.9. The Morgan fingerprint density at radius 2 is 1.56 bits per heavy atom. The van der Waals surface area contributed by atoms with Gasteiger partial charge >= 0.3 is 0 Å². The van der Waals surface area contributed by atoms with Crippen LogP contribution >= 0.6 is 0 Å². The predicted molar refractivity (Wildman–Crippen MR) is 60.9 cm³/mol. The van der Waals surface area contributed by atoms with Crippen molar-refractivity contribution < 1.29 is 8.78 Å². The van der Waals surface area contributed by atoms with E-state index in [9.17, 15) is 8.78 Å². The molecule has 0 saturated carbocycles. The third kappa shape index (κ3) is 1.76. The highest BCUT2D eigenvalue weighted by Crippen LogP contribution is 2.27. The van der Waals surface area contributed by atoms with Crippen molar-refractivity contribution in [2.45, 2.75) is 6.92 Å². The molecule has 2 rings (SSSR count). The highest BCUT2D eigenvalue weighted by atomic mass is 19.1. The molecule has 3 heteroatoms. The molecule has 16 heavy (non-hydrogen) atoms. The highest BCUT2D eigenvalue weighted by molar-refractivity contribution is 5.68. The van der Waals surface area contributed by atoms with Gasteiger partial charge in [0.2, 0.25) is 0 Å². The molecule has 0 aliphatic rings. The van der Waals surface area contributed by atoms with E-state index in [1.807, 2.05) is 0 Å². The summed E-state index contributed by atoms with van der Waals surface area (Å²) in [5.74, 6) is -0.692. The topological polar surface area (TPSA) is 26.0 Å². The predicted octanol–water partition coefficient (Wildman–Crippen LogP) is 3.52. The summed E-state index contributed by atoms with van der Waals surface area (Å²) >= 11 is 0. The zero-order chi connectivity index (χ0) is 11.7. The standard InChI is InChI=1S/C13H11F2N/c1-8-12(16)7-6-11(13(8)15)9-2-4-10(14)5-3-9/h2-7H,16H2,1H3. The van der Waals surface area contributed by atoms with Gasteiger partial charge in [-0.15, -0.1) is 0 Å². The second-order valence-electron chi connectivity index (χ2n) is 3.65. The number of nitrogen functional groups attached to an aromatic ring is 1. The summed E-state index contributed by atoms with van der Waals surface area (Å²) in [6.07, 6.45) is 0. The first-order valence-electron chi connectivity index (χ1n) is 4.90. The summed E-state index contributed by atoms with van der Waals surface area (Å²) in [5.41, 5.74) is 7.51. The lowest BCUT2D eigenvalue weighted by atomic mass is 10.0. The second kappa shape index (κ2) is 3.93. The molecule has 82 valence electrons. The smallest absolute Gasteiger partial charge is 0.135 e. The van der Waals surface area contributed by atoms with E-state index < -0.39 is 0 Å². The molecule has 2 aromatic carbocycles. The van der Waals surface area contributed by atoms with Crippen molar-refractivity contribution >= 4 is 5.69 Å². The van der Waals surface area contributed by atoms with Crippen LogP contribution < -0.4 is 5.73 Å². The van der Waals surface area contributed by atoms with Crippen molar-refractivity contribution in [3.05, 3.63) is 53.6 Å². The second-order valence-corrected chi connectivity index (χ2v) is 3.65. The zero-order valence-electron chi connectivity index (χ0n) is 8.80. The van der Waals surface area contributed by atoms with Gasteiger partial charge in [0.15, 0.2) is 0 Å². The van der Waals surface area contributed by atoms with Crippen LogP contribution in [0.2, 0.25) is 0 Å². The molecule has 0 unspecified atom stereocenters. The number of benzene rings is 2. The SMILES string of the molecule is Cc1c(N)ccc(-c2ccc(F)cc2)c1F. The van der Waals surface area contributed by atoms with Gasteiger partial charge in [0.1, 0.15) is 11.6 Å². The van der Waals surface area contributed by atoms with Gasteiger partial charge in [-0.1, -0.05) is 12.1 Å². The van der Waals surface area contributed by atoms with E-state index in [-0.39, 0.29) is 11.6 Å². The van der Waals surface area contributed by atoms with Crippen LogP contribution in [0.4, 0.5) is 14.5 Å². The number of rotatable bonds is 1. The number of anilines is 1. The van der Waals surface area contributed by atoms with Gasteiger partial charge in [-0.3, -0.25) is 0 Å². The molecule has 0 aliphatic heterocycles. The lowest BCUT2D eigenvalue weighted by Gasteiger charge is -2.08. The average Bonchev–Trinajstić information content (AvgIpc) is 2.28. The quantitative estimate of drug-likeness (QED) is 0.729. The molecule has 0 aliphatic carbocycles. The van der Waals surface area contributed by atoms with Gasteiger partial charge in [0.25, 0.3) is 0 Å². The minimum atomic E-state index is -0.355. The first-order chi connectivity index (χ1) is 7.59. The fraction of sp³-hybridized carbons (Fsp3) is 0.0769. The molecule has 0 heterocycles. The van der Waals surface area contributed by atoms with Crippen molar-refractivity contribution in [3.63, 3.8) is 0 Å². The molecule has 2 aromatic rings. The van der Waals surface area contributed by atoms with E-state index in [2.05, 4.69) is 0 Å². The van der Waals surface area contributed by atoms with Gasteiger partial charge in [-0.05, 0) is 36.8 Å². The van der Waals surface area contributed by atoms with Crippen LogP contribution in [0.15, 0.2) is 36.4 Å². The molecular formula is C13H11F2N. The van der Waals surface area contributed by atoms with Crippen LogP contribution in [0.1, 0.15) is 5.56 Å². The van der Waals surface area contributed by atoms with Crippen LogP contribution in [0.3, 0.4) is 0 Å². The first-order valence-corrected chi connectivity index (χ1v) is 4.90. The fourth-order valence-corrected chi connectivity index (χ4v) is 1.55. The molecule has 1 nitrogen and oxygen atoms in total. The van der Waals surface area contributed by atoms with Crippen LogP contribution in [0.5, 0.6) is 0 Å². The van der Waals surface area contributed by atoms with Gasteiger partial charge in [0.05, 0.1) is 0 Å². The Bertz CT molecular complexity index is 518. The normalized spacial score (nSPS) is 10.4. The fourth-order valence-electron chi connectivity index (χ4n) is 1.55. The molecular weight excluding hydrogens is 208 g/mol. The van der Waals surface area contributed by atoms with Crippen molar-refractivity contribution in [2.24, 2.45) is 0 Å². The maximum atomic E-state index is 13.9. The number of halogens is 2. The summed E-state index contributed by atoms with van der Waals surface area (Å²) in [4.78, 5) is 0. The third-order valence-corrected chi connectivity index (χ3v) is 2.58. The molecule has 0 atom stereocenters. The maximum Gasteiger partial charge on any atom is 0.135 e. The molecule has 0 fully saturated rings. The van der Waals surface area contributed by atoms with E-state index in [1.165, 1.54) is 12.1 Å².